The van der Waals surface area contributed by atoms with Crippen molar-refractivity contribution < 1.29 is 4.52 Å². The lowest BCUT2D eigenvalue weighted by Gasteiger charge is -2.35. The predicted molar refractivity (Wildman–Crippen MR) is 78.0 cm³/mol. The smallest absolute Gasteiger partial charge is 0.240 e. The molecule has 106 valence electrons. The van der Waals surface area contributed by atoms with Crippen LogP contribution in [0.3, 0.4) is 0 Å². The SMILES string of the molecule is Cc1noc(CN2CCN(c3ccccc3Cl)CC2)n1. The van der Waals surface area contributed by atoms with Crippen molar-refractivity contribution >= 4 is 17.3 Å². The van der Waals surface area contributed by atoms with Gasteiger partial charge < -0.3 is 9.42 Å². The molecular weight excluding hydrogens is 276 g/mol. The molecule has 0 unspecified atom stereocenters. The van der Waals surface area contributed by atoms with E-state index in [1.54, 1.807) is 0 Å². The van der Waals surface area contributed by atoms with Gasteiger partial charge in [-0.3, -0.25) is 4.90 Å². The number of hydrogen-bond donors (Lipinski definition) is 0. The molecule has 20 heavy (non-hydrogen) atoms. The van der Waals surface area contributed by atoms with Crippen molar-refractivity contribution in [3.05, 3.63) is 41.0 Å². The normalized spacial score (nSPS) is 16.6. The summed E-state index contributed by atoms with van der Waals surface area (Å²) in [5.74, 6) is 1.38. The van der Waals surface area contributed by atoms with Gasteiger partial charge in [0.1, 0.15) is 0 Å². The van der Waals surface area contributed by atoms with Crippen LogP contribution >= 0.6 is 11.6 Å². The third-order valence-electron chi connectivity index (χ3n) is 3.49. The summed E-state index contributed by atoms with van der Waals surface area (Å²) in [6.45, 7) is 6.40. The van der Waals surface area contributed by atoms with E-state index in [4.69, 9.17) is 16.1 Å². The van der Waals surface area contributed by atoms with Crippen LogP contribution < -0.4 is 4.90 Å². The van der Waals surface area contributed by atoms with Crippen LogP contribution in [0.15, 0.2) is 28.8 Å². The number of anilines is 1. The molecule has 2 aromatic rings. The summed E-state index contributed by atoms with van der Waals surface area (Å²) in [4.78, 5) is 8.88. The summed E-state index contributed by atoms with van der Waals surface area (Å²) < 4.78 is 5.16. The maximum absolute atomic E-state index is 6.24. The highest BCUT2D eigenvalue weighted by Gasteiger charge is 2.20. The van der Waals surface area contributed by atoms with Crippen LogP contribution in [0.4, 0.5) is 5.69 Å². The largest absolute Gasteiger partial charge is 0.368 e. The Labute approximate surface area is 123 Å². The molecule has 0 aliphatic carbocycles. The maximum Gasteiger partial charge on any atom is 0.240 e. The molecule has 0 spiro atoms. The van der Waals surface area contributed by atoms with Gasteiger partial charge in [-0.2, -0.15) is 4.98 Å². The van der Waals surface area contributed by atoms with Gasteiger partial charge in [0.15, 0.2) is 5.82 Å². The fourth-order valence-electron chi connectivity index (χ4n) is 2.45. The Bertz CT molecular complexity index is 578. The molecule has 0 amide bonds. The lowest BCUT2D eigenvalue weighted by molar-refractivity contribution is 0.215. The van der Waals surface area contributed by atoms with Crippen molar-refractivity contribution in [1.29, 1.82) is 0 Å². The zero-order valence-electron chi connectivity index (χ0n) is 11.4. The first-order chi connectivity index (χ1) is 9.72. The molecule has 0 bridgehead atoms. The number of para-hydroxylation sites is 1. The van der Waals surface area contributed by atoms with Crippen LogP contribution in [-0.4, -0.2) is 41.2 Å². The Balaban J connectivity index is 1.58. The summed E-state index contributed by atoms with van der Waals surface area (Å²) in [5.41, 5.74) is 1.11. The first kappa shape index (κ1) is 13.4. The molecule has 5 nitrogen and oxygen atoms in total. The molecule has 6 heteroatoms. The van der Waals surface area contributed by atoms with E-state index in [0.717, 1.165) is 43.4 Å². The third-order valence-corrected chi connectivity index (χ3v) is 3.81. The zero-order valence-corrected chi connectivity index (χ0v) is 12.2. The molecule has 0 radical (unpaired) electrons. The molecule has 3 rings (SSSR count). The highest BCUT2D eigenvalue weighted by Crippen LogP contribution is 2.26. The molecule has 1 aliphatic rings. The lowest BCUT2D eigenvalue weighted by atomic mass is 10.2. The average molecular weight is 293 g/mol. The second kappa shape index (κ2) is 5.81. The van der Waals surface area contributed by atoms with Gasteiger partial charge >= 0.3 is 0 Å². The quantitative estimate of drug-likeness (QED) is 0.869. The molecule has 2 heterocycles. The monoisotopic (exact) mass is 292 g/mol. The van der Waals surface area contributed by atoms with E-state index < -0.39 is 0 Å². The fourth-order valence-corrected chi connectivity index (χ4v) is 2.71. The van der Waals surface area contributed by atoms with Gasteiger partial charge in [0.05, 0.1) is 17.3 Å². The van der Waals surface area contributed by atoms with Crippen LogP contribution in [0.1, 0.15) is 11.7 Å². The van der Waals surface area contributed by atoms with E-state index in [2.05, 4.69) is 26.0 Å². The minimum absolute atomic E-state index is 0.689. The second-order valence-electron chi connectivity index (χ2n) is 4.95. The van der Waals surface area contributed by atoms with Crippen LogP contribution in [-0.2, 0) is 6.54 Å². The summed E-state index contributed by atoms with van der Waals surface area (Å²) in [6, 6.07) is 7.98. The van der Waals surface area contributed by atoms with Crippen molar-refractivity contribution in [3.63, 3.8) is 0 Å². The number of rotatable bonds is 3. The van der Waals surface area contributed by atoms with Gasteiger partial charge in [-0.25, -0.2) is 0 Å². The van der Waals surface area contributed by atoms with Crippen LogP contribution in [0.2, 0.25) is 5.02 Å². The van der Waals surface area contributed by atoms with Gasteiger partial charge in [0.2, 0.25) is 5.89 Å². The number of aryl methyl sites for hydroxylation is 1. The van der Waals surface area contributed by atoms with Crippen molar-refractivity contribution in [2.75, 3.05) is 31.1 Å². The highest BCUT2D eigenvalue weighted by molar-refractivity contribution is 6.33. The van der Waals surface area contributed by atoms with Gasteiger partial charge in [-0.1, -0.05) is 28.9 Å². The fraction of sp³-hybridized carbons (Fsp3) is 0.429. The predicted octanol–water partition coefficient (Wildman–Crippen LogP) is 2.35. The molecule has 1 aromatic heterocycles. The van der Waals surface area contributed by atoms with Crippen LogP contribution in [0, 0.1) is 6.92 Å². The van der Waals surface area contributed by atoms with Gasteiger partial charge in [-0.15, -0.1) is 0 Å². The Morgan fingerprint density at radius 2 is 1.95 bits per heavy atom. The van der Waals surface area contributed by atoms with Crippen LogP contribution in [0.5, 0.6) is 0 Å². The molecule has 0 N–H and O–H groups in total. The molecule has 1 saturated heterocycles. The van der Waals surface area contributed by atoms with E-state index in [9.17, 15) is 0 Å². The minimum Gasteiger partial charge on any atom is -0.368 e. The Hall–Kier alpha value is -1.59. The van der Waals surface area contributed by atoms with E-state index in [1.807, 2.05) is 25.1 Å². The lowest BCUT2D eigenvalue weighted by Crippen LogP contribution is -2.46. The Morgan fingerprint density at radius 3 is 2.60 bits per heavy atom. The molecule has 1 fully saturated rings. The van der Waals surface area contributed by atoms with Crippen molar-refractivity contribution in [1.82, 2.24) is 15.0 Å². The molecule has 1 aliphatic heterocycles. The van der Waals surface area contributed by atoms with Gasteiger partial charge in [0.25, 0.3) is 0 Å². The summed E-state index contributed by atoms with van der Waals surface area (Å²) in [6.07, 6.45) is 0. The van der Waals surface area contributed by atoms with Crippen molar-refractivity contribution in [3.8, 4) is 0 Å². The van der Waals surface area contributed by atoms with E-state index in [1.165, 1.54) is 0 Å². The molecule has 0 atom stereocenters. The topological polar surface area (TPSA) is 45.4 Å². The summed E-state index contributed by atoms with van der Waals surface area (Å²) >= 11 is 6.24. The maximum atomic E-state index is 6.24. The van der Waals surface area contributed by atoms with Crippen molar-refractivity contribution in [2.24, 2.45) is 0 Å². The standard InChI is InChI=1S/C14H17ClN4O/c1-11-16-14(20-17-11)10-18-6-8-19(9-7-18)13-5-3-2-4-12(13)15/h2-5H,6-10H2,1H3. The average Bonchev–Trinajstić information content (AvgIpc) is 2.86. The van der Waals surface area contributed by atoms with E-state index in [0.29, 0.717) is 11.7 Å². The third kappa shape index (κ3) is 2.94. The number of hydrogen-bond acceptors (Lipinski definition) is 5. The highest BCUT2D eigenvalue weighted by atomic mass is 35.5. The van der Waals surface area contributed by atoms with Crippen LogP contribution in [0.25, 0.3) is 0 Å². The first-order valence-corrected chi connectivity index (χ1v) is 7.11. The number of aromatic nitrogens is 2. The minimum atomic E-state index is 0.689. The van der Waals surface area contributed by atoms with E-state index >= 15 is 0 Å². The Morgan fingerprint density at radius 1 is 1.20 bits per heavy atom. The first-order valence-electron chi connectivity index (χ1n) is 6.73. The van der Waals surface area contributed by atoms with Gasteiger partial charge in [-0.05, 0) is 19.1 Å². The molecular formula is C14H17ClN4O. The number of benzene rings is 1. The Kier molecular flexibility index (Phi) is 3.89. The summed E-state index contributed by atoms with van der Waals surface area (Å²) in [5, 5.41) is 4.63. The zero-order chi connectivity index (χ0) is 13.9. The number of piperazine rings is 1. The second-order valence-corrected chi connectivity index (χ2v) is 5.36. The summed E-state index contributed by atoms with van der Waals surface area (Å²) in [7, 11) is 0. The van der Waals surface area contributed by atoms with E-state index in [-0.39, 0.29) is 0 Å². The van der Waals surface area contributed by atoms with Gasteiger partial charge in [0, 0.05) is 26.2 Å². The van der Waals surface area contributed by atoms with Crippen molar-refractivity contribution in [2.45, 2.75) is 13.5 Å². The number of nitrogens with zero attached hydrogens (tertiary/aromatic N) is 4. The molecule has 0 saturated carbocycles. The molecule has 1 aromatic carbocycles. The number of halogens is 1.